The summed E-state index contributed by atoms with van der Waals surface area (Å²) in [6.07, 6.45) is 1.84. The van der Waals surface area contributed by atoms with Crippen LogP contribution in [0, 0.1) is 0 Å². The van der Waals surface area contributed by atoms with Crippen molar-refractivity contribution in [2.24, 2.45) is 0 Å². The molecule has 5 rings (SSSR count). The molecule has 1 unspecified atom stereocenters. The second-order valence-electron chi connectivity index (χ2n) is 10.1. The Bertz CT molecular complexity index is 1400. The normalized spacial score (nSPS) is 24.0. The van der Waals surface area contributed by atoms with Crippen molar-refractivity contribution in [2.75, 3.05) is 11.9 Å². The van der Waals surface area contributed by atoms with Gasteiger partial charge in [0.25, 0.3) is 0 Å². The predicted octanol–water partition coefficient (Wildman–Crippen LogP) is 3.37. The number of anilines is 1. The number of carbonyl (C=O) groups is 1. The molecule has 0 spiro atoms. The summed E-state index contributed by atoms with van der Waals surface area (Å²) >= 11 is 6.24. The largest absolute Gasteiger partial charge is 0.664 e. The van der Waals surface area contributed by atoms with Gasteiger partial charge in [-0.1, -0.05) is 36.1 Å². The third-order valence-corrected chi connectivity index (χ3v) is 8.34. The van der Waals surface area contributed by atoms with Crippen LogP contribution in [0.25, 0.3) is 11.0 Å². The van der Waals surface area contributed by atoms with E-state index >= 15 is 0 Å². The van der Waals surface area contributed by atoms with E-state index < -0.39 is 44.7 Å². The van der Waals surface area contributed by atoms with Crippen LogP contribution >= 0.6 is 19.8 Å². The molecule has 0 amide bonds. The zero-order valence-corrected chi connectivity index (χ0v) is 23.9. The minimum Gasteiger partial charge on any atom is -0.480 e. The summed E-state index contributed by atoms with van der Waals surface area (Å²) in [6.45, 7) is 1.31. The Morgan fingerprint density at radius 1 is 1.22 bits per heavy atom. The van der Waals surface area contributed by atoms with E-state index in [2.05, 4.69) is 20.4 Å². The maximum Gasteiger partial charge on any atom is 0.664 e. The van der Waals surface area contributed by atoms with Crippen LogP contribution in [0.2, 0.25) is 5.28 Å². The summed E-state index contributed by atoms with van der Waals surface area (Å²) in [5.74, 6) is -0.287. The van der Waals surface area contributed by atoms with Gasteiger partial charge in [0, 0.05) is 22.4 Å². The lowest BCUT2D eigenvalue weighted by molar-refractivity contribution is -0.138. The number of hydrogen-bond acceptors (Lipinski definition) is 10. The van der Waals surface area contributed by atoms with Gasteiger partial charge in [0.2, 0.25) is 5.28 Å². The molecular weight excluding hydrogens is 577 g/mol. The van der Waals surface area contributed by atoms with Crippen LogP contribution in [-0.2, 0) is 25.4 Å². The van der Waals surface area contributed by atoms with Gasteiger partial charge < -0.3 is 34.7 Å². The topological polar surface area (TPSA) is 177 Å². The molecule has 15 heteroatoms. The zero-order chi connectivity index (χ0) is 29.1. The Morgan fingerprint density at radius 3 is 2.73 bits per heavy atom. The van der Waals surface area contributed by atoms with Crippen LogP contribution in [0.1, 0.15) is 44.4 Å². The van der Waals surface area contributed by atoms with Crippen LogP contribution in [0.3, 0.4) is 0 Å². The molecule has 1 aromatic carbocycles. The summed E-state index contributed by atoms with van der Waals surface area (Å²) in [6, 6.07) is 7.78. The lowest BCUT2D eigenvalue weighted by Crippen LogP contribution is -2.33. The first-order valence-corrected chi connectivity index (χ1v) is 14.9. The van der Waals surface area contributed by atoms with E-state index in [4.69, 9.17) is 30.7 Å². The Labute approximate surface area is 241 Å². The number of aliphatic hydroxyl groups is 2. The van der Waals surface area contributed by atoms with Gasteiger partial charge in [-0.3, -0.25) is 4.79 Å². The molecule has 2 fully saturated rings. The smallest absolute Gasteiger partial charge is 0.480 e. The Kier molecular flexibility index (Phi) is 9.35. The standard InChI is InChI=1S/C26H31ClN5O8P/c1-14(25(35)36)31-41(37)40-18-9-5-2-6-15(18)12-38-13-19-20(33)21(34)24(39-19)32-11-10-17-22(28-16-7-3-4-8-16)29-26(27)30-23(17)32/h2,5-6,9-11,14,16,19-21,24,33-34H,3-4,7-8,12-13H2,1H3,(H2-,28,29,30,31,35,36,37)/p+1/t14-,19+,20+,21+,24+/m0/s1. The van der Waals surface area contributed by atoms with Crippen molar-refractivity contribution in [1.29, 1.82) is 0 Å². The number of fused-ring (bicyclic) bond motifs is 1. The summed E-state index contributed by atoms with van der Waals surface area (Å²) in [5, 5.41) is 37.2. The zero-order valence-electron chi connectivity index (χ0n) is 22.2. The minimum absolute atomic E-state index is 0.0205. The molecule has 13 nitrogen and oxygen atoms in total. The van der Waals surface area contributed by atoms with Gasteiger partial charge in [0.15, 0.2) is 12.0 Å². The number of para-hydroxylation sites is 1. The number of aliphatic hydroxyl groups excluding tert-OH is 2. The van der Waals surface area contributed by atoms with E-state index in [0.717, 1.165) is 31.1 Å². The minimum atomic E-state index is -2.49. The van der Waals surface area contributed by atoms with Gasteiger partial charge in [-0.25, -0.2) is 9.51 Å². The molecular formula is C26H32ClN5O8P+. The average molecular weight is 609 g/mol. The van der Waals surface area contributed by atoms with Crippen molar-refractivity contribution in [3.63, 3.8) is 0 Å². The number of carboxylic acid groups (broad SMARTS) is 1. The van der Waals surface area contributed by atoms with E-state index in [1.54, 1.807) is 35.0 Å². The highest BCUT2D eigenvalue weighted by atomic mass is 35.5. The fourth-order valence-corrected chi connectivity index (χ4v) is 6.01. The van der Waals surface area contributed by atoms with E-state index in [-0.39, 0.29) is 24.2 Å². The number of hydrogen-bond donors (Lipinski definition) is 5. The Balaban J connectivity index is 1.23. The number of halogens is 1. The van der Waals surface area contributed by atoms with Crippen LogP contribution in [0.4, 0.5) is 5.82 Å². The highest BCUT2D eigenvalue weighted by Crippen LogP contribution is 2.35. The second kappa shape index (κ2) is 13.0. The molecule has 1 aliphatic carbocycles. The molecule has 5 N–H and O–H groups in total. The Morgan fingerprint density at radius 2 is 1.98 bits per heavy atom. The quantitative estimate of drug-likeness (QED) is 0.150. The third kappa shape index (κ3) is 6.78. The molecule has 1 aliphatic heterocycles. The third-order valence-electron chi connectivity index (χ3n) is 7.22. The molecule has 3 aromatic rings. The first kappa shape index (κ1) is 29.6. The van der Waals surface area contributed by atoms with Crippen LogP contribution in [-0.4, -0.2) is 72.8 Å². The monoisotopic (exact) mass is 608 g/mol. The lowest BCUT2D eigenvalue weighted by Gasteiger charge is -2.18. The highest BCUT2D eigenvalue weighted by molar-refractivity contribution is 7.37. The molecule has 2 aromatic heterocycles. The second-order valence-corrected chi connectivity index (χ2v) is 11.4. The van der Waals surface area contributed by atoms with Gasteiger partial charge in [-0.2, -0.15) is 4.98 Å². The van der Waals surface area contributed by atoms with Gasteiger partial charge in [0.1, 0.15) is 35.8 Å². The van der Waals surface area contributed by atoms with Gasteiger partial charge in [-0.05, 0) is 43.5 Å². The summed E-state index contributed by atoms with van der Waals surface area (Å²) in [5.41, 5.74) is 1.02. The van der Waals surface area contributed by atoms with E-state index in [9.17, 15) is 19.6 Å². The number of carboxylic acids is 1. The van der Waals surface area contributed by atoms with Crippen LogP contribution in [0.15, 0.2) is 36.5 Å². The molecule has 2 aliphatic rings. The molecule has 0 bridgehead atoms. The number of benzene rings is 1. The van der Waals surface area contributed by atoms with Crippen LogP contribution in [0.5, 0.6) is 5.75 Å². The lowest BCUT2D eigenvalue weighted by atomic mass is 10.1. The molecule has 6 atom stereocenters. The number of nitrogens with one attached hydrogen (secondary N) is 2. The summed E-state index contributed by atoms with van der Waals surface area (Å²) in [4.78, 5) is 19.7. The number of nitrogens with zero attached hydrogens (tertiary/aromatic N) is 3. The predicted molar refractivity (Wildman–Crippen MR) is 149 cm³/mol. The highest BCUT2D eigenvalue weighted by Gasteiger charge is 2.44. The molecule has 41 heavy (non-hydrogen) atoms. The van der Waals surface area contributed by atoms with Crippen molar-refractivity contribution in [1.82, 2.24) is 19.6 Å². The summed E-state index contributed by atoms with van der Waals surface area (Å²) < 4.78 is 31.0. The maximum atomic E-state index is 12.2. The molecule has 3 heterocycles. The number of aromatic nitrogens is 3. The first-order chi connectivity index (χ1) is 19.7. The fraction of sp³-hybridized carbons (Fsp3) is 0.500. The van der Waals surface area contributed by atoms with E-state index in [1.165, 1.54) is 6.92 Å². The van der Waals surface area contributed by atoms with Crippen molar-refractivity contribution in [3.05, 3.63) is 47.4 Å². The van der Waals surface area contributed by atoms with Gasteiger partial charge in [-0.15, -0.1) is 0 Å². The van der Waals surface area contributed by atoms with E-state index in [1.807, 2.05) is 6.07 Å². The SMILES string of the molecule is C[C@H](N[P+](=O)Oc1ccccc1COC[C@H]1O[C@@H](n2ccc3c(NC4CCCC4)nc(Cl)nc32)[C@H](O)[C@@H]1O)C(=O)O. The first-order valence-electron chi connectivity index (χ1n) is 13.3. The molecule has 0 radical (unpaired) electrons. The average Bonchev–Trinajstić information content (AvgIpc) is 3.66. The molecule has 220 valence electrons. The molecule has 1 saturated heterocycles. The Hall–Kier alpha value is -2.90. The fourth-order valence-electron chi connectivity index (χ4n) is 5.01. The summed E-state index contributed by atoms with van der Waals surface area (Å²) in [7, 11) is -2.49. The van der Waals surface area contributed by atoms with E-state index in [0.29, 0.717) is 23.1 Å². The van der Waals surface area contributed by atoms with Gasteiger partial charge in [0.05, 0.1) is 18.6 Å². The molecule has 1 saturated carbocycles. The number of aliphatic carboxylic acids is 1. The van der Waals surface area contributed by atoms with Gasteiger partial charge >= 0.3 is 14.1 Å². The van der Waals surface area contributed by atoms with Crippen molar-refractivity contribution < 1.29 is 38.7 Å². The van der Waals surface area contributed by atoms with Crippen LogP contribution < -0.4 is 14.9 Å². The maximum absolute atomic E-state index is 12.2. The van der Waals surface area contributed by atoms with Crippen molar-refractivity contribution in [2.45, 2.75) is 75.8 Å². The van der Waals surface area contributed by atoms with Crippen molar-refractivity contribution >= 4 is 42.6 Å². The van der Waals surface area contributed by atoms with Crippen molar-refractivity contribution in [3.8, 4) is 5.75 Å². The number of rotatable bonds is 12. The number of ether oxygens (including phenoxy) is 2.